The van der Waals surface area contributed by atoms with Crippen molar-refractivity contribution in [1.82, 2.24) is 16.2 Å². The Hall–Kier alpha value is -3.53. The lowest BCUT2D eigenvalue weighted by atomic mass is 10.2. The van der Waals surface area contributed by atoms with Gasteiger partial charge < -0.3 is 4.74 Å². The number of amides is 2. The molecule has 3 N–H and O–H groups in total. The van der Waals surface area contributed by atoms with Gasteiger partial charge in [0.1, 0.15) is 5.75 Å². The van der Waals surface area contributed by atoms with Gasteiger partial charge in [0.25, 0.3) is 17.5 Å². The summed E-state index contributed by atoms with van der Waals surface area (Å²) in [5, 5.41) is 12.8. The number of carbonyl (C=O) groups is 2. The molecule has 0 saturated carbocycles. The number of ether oxygens (including phenoxy) is 1. The quantitative estimate of drug-likeness (QED) is 0.383. The molecule has 0 aromatic heterocycles. The maximum atomic E-state index is 11.9. The first kappa shape index (κ1) is 20.8. The summed E-state index contributed by atoms with van der Waals surface area (Å²) in [4.78, 5) is 33.8. The summed E-state index contributed by atoms with van der Waals surface area (Å²) in [6, 6.07) is 12.4. The lowest BCUT2D eigenvalue weighted by molar-refractivity contribution is -0.384. The van der Waals surface area contributed by atoms with Crippen LogP contribution in [0.2, 0.25) is 0 Å². The first-order chi connectivity index (χ1) is 13.4. The molecular formula is C18H18N4O5S. The van der Waals surface area contributed by atoms with Crippen molar-refractivity contribution in [2.75, 3.05) is 6.61 Å². The Labute approximate surface area is 166 Å². The molecule has 0 aliphatic rings. The van der Waals surface area contributed by atoms with E-state index in [4.69, 9.17) is 17.0 Å². The van der Waals surface area contributed by atoms with Crippen molar-refractivity contribution in [3.8, 4) is 5.75 Å². The van der Waals surface area contributed by atoms with Gasteiger partial charge in [-0.2, -0.15) is 0 Å². The van der Waals surface area contributed by atoms with E-state index in [9.17, 15) is 19.7 Å². The number of thiocarbonyl (C=S) groups is 1. The van der Waals surface area contributed by atoms with E-state index in [-0.39, 0.29) is 23.0 Å². The van der Waals surface area contributed by atoms with E-state index in [0.29, 0.717) is 5.75 Å². The highest BCUT2D eigenvalue weighted by Gasteiger charge is 2.11. The molecule has 0 fully saturated rings. The van der Waals surface area contributed by atoms with E-state index >= 15 is 0 Å². The van der Waals surface area contributed by atoms with E-state index < -0.39 is 16.7 Å². The SMILES string of the molecule is CCc1ccc(OCC(=O)NC(=S)NNC(=O)c2ccc([N+](=O)[O-])cc2)cc1. The number of hydrazine groups is 1. The molecule has 2 aromatic carbocycles. The summed E-state index contributed by atoms with van der Waals surface area (Å²) >= 11 is 4.91. The molecule has 0 spiro atoms. The summed E-state index contributed by atoms with van der Waals surface area (Å²) < 4.78 is 5.35. The highest BCUT2D eigenvalue weighted by atomic mass is 32.1. The van der Waals surface area contributed by atoms with Crippen molar-refractivity contribution in [2.24, 2.45) is 0 Å². The molecule has 0 bridgehead atoms. The van der Waals surface area contributed by atoms with Gasteiger partial charge in [0.15, 0.2) is 11.7 Å². The molecule has 10 heteroatoms. The van der Waals surface area contributed by atoms with Crippen LogP contribution in [0.15, 0.2) is 48.5 Å². The number of nitro groups is 1. The van der Waals surface area contributed by atoms with Gasteiger partial charge in [0.05, 0.1) is 4.92 Å². The third-order valence-electron chi connectivity index (χ3n) is 3.58. The largest absolute Gasteiger partial charge is 0.484 e. The zero-order valence-corrected chi connectivity index (χ0v) is 15.7. The van der Waals surface area contributed by atoms with Crippen LogP contribution in [0, 0.1) is 10.1 Å². The highest BCUT2D eigenvalue weighted by molar-refractivity contribution is 7.80. The number of non-ortho nitro benzene ring substituents is 1. The van der Waals surface area contributed by atoms with Crippen LogP contribution in [0.1, 0.15) is 22.8 Å². The van der Waals surface area contributed by atoms with E-state index in [1.807, 2.05) is 19.1 Å². The van der Waals surface area contributed by atoms with Gasteiger partial charge in [-0.3, -0.25) is 35.9 Å². The van der Waals surface area contributed by atoms with Gasteiger partial charge in [0.2, 0.25) is 0 Å². The first-order valence-corrected chi connectivity index (χ1v) is 8.66. The number of hydrogen-bond acceptors (Lipinski definition) is 6. The molecule has 0 aliphatic heterocycles. The van der Waals surface area contributed by atoms with Crippen molar-refractivity contribution < 1.29 is 19.2 Å². The van der Waals surface area contributed by atoms with E-state index in [1.54, 1.807) is 12.1 Å². The molecule has 2 aromatic rings. The smallest absolute Gasteiger partial charge is 0.269 e. The van der Waals surface area contributed by atoms with Gasteiger partial charge in [-0.1, -0.05) is 19.1 Å². The molecule has 0 saturated heterocycles. The molecule has 28 heavy (non-hydrogen) atoms. The number of aryl methyl sites for hydroxylation is 1. The Balaban J connectivity index is 1.74. The predicted molar refractivity (Wildman–Crippen MR) is 106 cm³/mol. The number of hydrogen-bond donors (Lipinski definition) is 3. The number of nitrogens with zero attached hydrogens (tertiary/aromatic N) is 1. The highest BCUT2D eigenvalue weighted by Crippen LogP contribution is 2.12. The fourth-order valence-corrected chi connectivity index (χ4v) is 2.25. The fourth-order valence-electron chi connectivity index (χ4n) is 2.08. The van der Waals surface area contributed by atoms with Crippen molar-refractivity contribution in [2.45, 2.75) is 13.3 Å². The van der Waals surface area contributed by atoms with Crippen LogP contribution in [0.25, 0.3) is 0 Å². The van der Waals surface area contributed by atoms with Gasteiger partial charge in [0, 0.05) is 17.7 Å². The minimum atomic E-state index is -0.571. The van der Waals surface area contributed by atoms with Crippen molar-refractivity contribution in [3.05, 3.63) is 69.8 Å². The van der Waals surface area contributed by atoms with Crippen molar-refractivity contribution in [3.63, 3.8) is 0 Å². The van der Waals surface area contributed by atoms with Crippen LogP contribution in [-0.2, 0) is 11.2 Å². The Morgan fingerprint density at radius 1 is 1.07 bits per heavy atom. The zero-order valence-electron chi connectivity index (χ0n) is 14.9. The second-order valence-corrected chi connectivity index (χ2v) is 5.95. The molecule has 0 radical (unpaired) electrons. The second kappa shape index (κ2) is 9.97. The monoisotopic (exact) mass is 402 g/mol. The molecule has 0 heterocycles. The molecule has 0 unspecified atom stereocenters. The number of rotatable bonds is 6. The molecule has 0 atom stereocenters. The minimum absolute atomic E-state index is 0.120. The van der Waals surface area contributed by atoms with Crippen molar-refractivity contribution >= 4 is 34.8 Å². The lowest BCUT2D eigenvalue weighted by Crippen LogP contribution is -2.49. The molecule has 2 amide bonds. The summed E-state index contributed by atoms with van der Waals surface area (Å²) in [7, 11) is 0. The lowest BCUT2D eigenvalue weighted by Gasteiger charge is -2.11. The Kier molecular flexibility index (Phi) is 7.40. The first-order valence-electron chi connectivity index (χ1n) is 8.25. The van der Waals surface area contributed by atoms with E-state index in [2.05, 4.69) is 16.2 Å². The fraction of sp³-hybridized carbons (Fsp3) is 0.167. The Bertz CT molecular complexity index is 869. The maximum absolute atomic E-state index is 11.9. The Morgan fingerprint density at radius 3 is 2.29 bits per heavy atom. The van der Waals surface area contributed by atoms with Gasteiger partial charge >= 0.3 is 0 Å². The van der Waals surface area contributed by atoms with Crippen LogP contribution < -0.4 is 20.9 Å². The molecule has 146 valence electrons. The van der Waals surface area contributed by atoms with Crippen LogP contribution in [0.4, 0.5) is 5.69 Å². The predicted octanol–water partition coefficient (Wildman–Crippen LogP) is 1.87. The topological polar surface area (TPSA) is 123 Å². The summed E-state index contributed by atoms with van der Waals surface area (Å²) in [6.45, 7) is 1.79. The minimum Gasteiger partial charge on any atom is -0.484 e. The summed E-state index contributed by atoms with van der Waals surface area (Å²) in [5.74, 6) is -0.516. The third kappa shape index (κ3) is 6.32. The number of carbonyl (C=O) groups excluding carboxylic acids is 2. The van der Waals surface area contributed by atoms with E-state index in [0.717, 1.165) is 12.0 Å². The normalized spacial score (nSPS) is 9.89. The average Bonchev–Trinajstić information content (AvgIpc) is 2.71. The van der Waals surface area contributed by atoms with Gasteiger partial charge in [-0.15, -0.1) is 0 Å². The molecule has 9 nitrogen and oxygen atoms in total. The maximum Gasteiger partial charge on any atom is 0.269 e. The number of benzene rings is 2. The molecule has 2 rings (SSSR count). The molecular weight excluding hydrogens is 384 g/mol. The standard InChI is InChI=1S/C18H18N4O5S/c1-2-12-3-9-15(10-4-12)27-11-16(23)19-18(28)21-20-17(24)13-5-7-14(8-6-13)22(25)26/h3-10H,2,11H2,1H3,(H,20,24)(H2,19,21,23,28). The zero-order chi connectivity index (χ0) is 20.5. The Morgan fingerprint density at radius 2 is 1.71 bits per heavy atom. The van der Waals surface area contributed by atoms with Crippen LogP contribution in [-0.4, -0.2) is 28.5 Å². The average molecular weight is 402 g/mol. The van der Waals surface area contributed by atoms with Crippen LogP contribution in [0.3, 0.4) is 0 Å². The third-order valence-corrected chi connectivity index (χ3v) is 3.79. The van der Waals surface area contributed by atoms with E-state index in [1.165, 1.54) is 24.3 Å². The second-order valence-electron chi connectivity index (χ2n) is 5.55. The van der Waals surface area contributed by atoms with Gasteiger partial charge in [-0.25, -0.2) is 0 Å². The van der Waals surface area contributed by atoms with Crippen LogP contribution >= 0.6 is 12.2 Å². The van der Waals surface area contributed by atoms with Gasteiger partial charge in [-0.05, 0) is 48.5 Å². The van der Waals surface area contributed by atoms with Crippen LogP contribution in [0.5, 0.6) is 5.75 Å². The molecule has 0 aliphatic carbocycles. The number of nitro benzene ring substituents is 1. The summed E-state index contributed by atoms with van der Waals surface area (Å²) in [6.07, 6.45) is 0.909. The summed E-state index contributed by atoms with van der Waals surface area (Å²) in [5.41, 5.74) is 5.87. The van der Waals surface area contributed by atoms with Crippen molar-refractivity contribution in [1.29, 1.82) is 0 Å². The number of nitrogens with one attached hydrogen (secondary N) is 3.